The summed E-state index contributed by atoms with van der Waals surface area (Å²) in [6, 6.07) is 6.07. The average Bonchev–Trinajstić information content (AvgIpc) is 2.82. The second kappa shape index (κ2) is 3.06. The van der Waals surface area contributed by atoms with Gasteiger partial charge in [0.2, 0.25) is 0 Å². The van der Waals surface area contributed by atoms with Gasteiger partial charge in [0.15, 0.2) is 5.13 Å². The Morgan fingerprint density at radius 3 is 3.00 bits per heavy atom. The zero-order valence-corrected chi connectivity index (χ0v) is 8.58. The van der Waals surface area contributed by atoms with Gasteiger partial charge in [0, 0.05) is 11.8 Å². The lowest BCUT2D eigenvalue weighted by atomic mass is 10.1. The molecule has 0 unspecified atom stereocenters. The van der Waals surface area contributed by atoms with Crippen LogP contribution in [-0.2, 0) is 0 Å². The Hall–Kier alpha value is -1.88. The summed E-state index contributed by atoms with van der Waals surface area (Å²) in [5.41, 5.74) is 8.79. The second-order valence-electron chi connectivity index (χ2n) is 3.22. The van der Waals surface area contributed by atoms with E-state index in [0.29, 0.717) is 5.13 Å². The molecule has 2 heterocycles. The number of fused-ring (bicyclic) bond motifs is 1. The van der Waals surface area contributed by atoms with Crippen LogP contribution < -0.4 is 5.73 Å². The van der Waals surface area contributed by atoms with Crippen molar-refractivity contribution in [2.75, 3.05) is 5.73 Å². The minimum absolute atomic E-state index is 0.606. The van der Waals surface area contributed by atoms with Crippen molar-refractivity contribution in [1.29, 1.82) is 0 Å². The molecule has 4 nitrogen and oxygen atoms in total. The van der Waals surface area contributed by atoms with Crippen LogP contribution in [0.3, 0.4) is 0 Å². The molecule has 1 aromatic carbocycles. The smallest absolute Gasteiger partial charge is 0.181 e. The van der Waals surface area contributed by atoms with Crippen LogP contribution in [0.4, 0.5) is 5.13 Å². The number of nitrogen functional groups attached to an aromatic ring is 1. The fourth-order valence-corrected chi connectivity index (χ4v) is 2.30. The second-order valence-corrected chi connectivity index (χ2v) is 4.28. The number of anilines is 1. The molecule has 3 aromatic rings. The highest BCUT2D eigenvalue weighted by atomic mass is 32.1. The van der Waals surface area contributed by atoms with E-state index in [2.05, 4.69) is 21.2 Å². The first-order valence-electron chi connectivity index (χ1n) is 4.48. The molecule has 3 rings (SSSR count). The third kappa shape index (κ3) is 1.37. The van der Waals surface area contributed by atoms with Gasteiger partial charge < -0.3 is 5.73 Å². The van der Waals surface area contributed by atoms with Gasteiger partial charge in [0.05, 0.1) is 16.4 Å². The van der Waals surface area contributed by atoms with E-state index < -0.39 is 0 Å². The summed E-state index contributed by atoms with van der Waals surface area (Å²) in [5, 5.41) is 7.32. The summed E-state index contributed by atoms with van der Waals surface area (Å²) in [6.45, 7) is 0. The molecule has 0 aliphatic rings. The minimum atomic E-state index is 0.606. The summed E-state index contributed by atoms with van der Waals surface area (Å²) in [7, 11) is 0. The predicted molar refractivity (Wildman–Crippen MR) is 61.6 cm³/mol. The van der Waals surface area contributed by atoms with E-state index in [1.54, 1.807) is 6.20 Å². The largest absolute Gasteiger partial charge is 0.375 e. The lowest BCUT2D eigenvalue weighted by Crippen LogP contribution is -1.79. The third-order valence-corrected chi connectivity index (χ3v) is 3.08. The van der Waals surface area contributed by atoms with Crippen molar-refractivity contribution in [2.45, 2.75) is 0 Å². The Bertz CT molecular complexity index is 597. The van der Waals surface area contributed by atoms with Crippen LogP contribution in [0.15, 0.2) is 30.6 Å². The van der Waals surface area contributed by atoms with Gasteiger partial charge in [-0.3, -0.25) is 5.10 Å². The van der Waals surface area contributed by atoms with Crippen molar-refractivity contribution < 1.29 is 0 Å². The number of aromatic amines is 1. The van der Waals surface area contributed by atoms with Crippen LogP contribution in [0, 0.1) is 0 Å². The molecule has 0 aliphatic heterocycles. The van der Waals surface area contributed by atoms with Crippen molar-refractivity contribution in [2.24, 2.45) is 0 Å². The number of aromatic nitrogens is 3. The third-order valence-electron chi connectivity index (χ3n) is 2.24. The van der Waals surface area contributed by atoms with Crippen LogP contribution in [0.2, 0.25) is 0 Å². The SMILES string of the molecule is Nc1nc2ccc(-c3cn[nH]c3)cc2s1. The lowest BCUT2D eigenvalue weighted by molar-refractivity contribution is 1.09. The van der Waals surface area contributed by atoms with E-state index in [-0.39, 0.29) is 0 Å². The van der Waals surface area contributed by atoms with Gasteiger partial charge in [0.1, 0.15) is 0 Å². The summed E-state index contributed by atoms with van der Waals surface area (Å²) in [4.78, 5) is 4.21. The van der Waals surface area contributed by atoms with E-state index in [9.17, 15) is 0 Å². The van der Waals surface area contributed by atoms with Crippen LogP contribution in [0.25, 0.3) is 21.3 Å². The minimum Gasteiger partial charge on any atom is -0.375 e. The number of nitrogens with two attached hydrogens (primary N) is 1. The van der Waals surface area contributed by atoms with Gasteiger partial charge in [-0.15, -0.1) is 0 Å². The molecule has 0 radical (unpaired) electrons. The number of nitrogens with zero attached hydrogens (tertiary/aromatic N) is 2. The van der Waals surface area contributed by atoms with Crippen LogP contribution in [0.1, 0.15) is 0 Å². The first kappa shape index (κ1) is 8.43. The maximum atomic E-state index is 5.65. The topological polar surface area (TPSA) is 67.6 Å². The molecule has 15 heavy (non-hydrogen) atoms. The Balaban J connectivity index is 2.21. The lowest BCUT2D eigenvalue weighted by Gasteiger charge is -1.95. The average molecular weight is 216 g/mol. The summed E-state index contributed by atoms with van der Waals surface area (Å²) in [5.74, 6) is 0. The highest BCUT2D eigenvalue weighted by Gasteiger charge is 2.04. The van der Waals surface area contributed by atoms with Crippen molar-refractivity contribution in [3.8, 4) is 11.1 Å². The molecule has 0 bridgehead atoms. The molecule has 0 fully saturated rings. The van der Waals surface area contributed by atoms with Gasteiger partial charge in [-0.25, -0.2) is 4.98 Å². The fourth-order valence-electron chi connectivity index (χ4n) is 1.53. The number of H-pyrrole nitrogens is 1. The summed E-state index contributed by atoms with van der Waals surface area (Å²) in [6.07, 6.45) is 3.66. The summed E-state index contributed by atoms with van der Waals surface area (Å²) < 4.78 is 1.10. The number of hydrogen-bond donors (Lipinski definition) is 2. The number of rotatable bonds is 1. The van der Waals surface area contributed by atoms with Crippen molar-refractivity contribution in [3.63, 3.8) is 0 Å². The first-order chi connectivity index (χ1) is 7.33. The van der Waals surface area contributed by atoms with E-state index in [1.807, 2.05) is 18.3 Å². The zero-order valence-electron chi connectivity index (χ0n) is 7.77. The number of hydrogen-bond acceptors (Lipinski definition) is 4. The number of thiazole rings is 1. The summed E-state index contributed by atoms with van der Waals surface area (Å²) >= 11 is 1.50. The maximum absolute atomic E-state index is 5.65. The van der Waals surface area contributed by atoms with E-state index in [1.165, 1.54) is 11.3 Å². The molecular formula is C10H8N4S. The molecule has 0 saturated carbocycles. The van der Waals surface area contributed by atoms with Gasteiger partial charge in [-0.1, -0.05) is 17.4 Å². The molecule has 0 atom stereocenters. The van der Waals surface area contributed by atoms with E-state index in [0.717, 1.165) is 21.3 Å². The van der Waals surface area contributed by atoms with Crippen molar-refractivity contribution in [3.05, 3.63) is 30.6 Å². The Kier molecular flexibility index (Phi) is 1.72. The molecular weight excluding hydrogens is 208 g/mol. The van der Waals surface area contributed by atoms with Gasteiger partial charge in [-0.05, 0) is 17.7 Å². The predicted octanol–water partition coefficient (Wildman–Crippen LogP) is 2.27. The Morgan fingerprint density at radius 2 is 2.20 bits per heavy atom. The monoisotopic (exact) mass is 216 g/mol. The molecule has 0 aliphatic carbocycles. The quantitative estimate of drug-likeness (QED) is 0.655. The van der Waals surface area contributed by atoms with E-state index in [4.69, 9.17) is 5.73 Å². The van der Waals surface area contributed by atoms with Crippen LogP contribution >= 0.6 is 11.3 Å². The molecule has 0 amide bonds. The first-order valence-corrected chi connectivity index (χ1v) is 5.30. The van der Waals surface area contributed by atoms with Crippen LogP contribution in [-0.4, -0.2) is 15.2 Å². The maximum Gasteiger partial charge on any atom is 0.181 e. The number of benzene rings is 1. The number of nitrogens with one attached hydrogen (secondary N) is 1. The van der Waals surface area contributed by atoms with Gasteiger partial charge in [-0.2, -0.15) is 5.10 Å². The molecule has 0 saturated heterocycles. The van der Waals surface area contributed by atoms with Crippen molar-refractivity contribution in [1.82, 2.24) is 15.2 Å². The molecule has 5 heteroatoms. The van der Waals surface area contributed by atoms with Crippen molar-refractivity contribution >= 4 is 26.7 Å². The Morgan fingerprint density at radius 1 is 1.27 bits per heavy atom. The fraction of sp³-hybridized carbons (Fsp3) is 0. The van der Waals surface area contributed by atoms with Gasteiger partial charge >= 0.3 is 0 Å². The Labute approximate surface area is 89.8 Å². The molecule has 74 valence electrons. The van der Waals surface area contributed by atoms with E-state index >= 15 is 0 Å². The highest BCUT2D eigenvalue weighted by Crippen LogP contribution is 2.28. The molecule has 3 N–H and O–H groups in total. The van der Waals surface area contributed by atoms with Crippen LogP contribution in [0.5, 0.6) is 0 Å². The molecule has 2 aromatic heterocycles. The highest BCUT2D eigenvalue weighted by molar-refractivity contribution is 7.22. The zero-order chi connectivity index (χ0) is 10.3. The molecule has 0 spiro atoms. The normalized spacial score (nSPS) is 10.9. The van der Waals surface area contributed by atoms with Gasteiger partial charge in [0.25, 0.3) is 0 Å². The standard InChI is InChI=1S/C10H8N4S/c11-10-14-8-2-1-6(3-9(8)15-10)7-4-12-13-5-7/h1-5H,(H2,11,14)(H,12,13).